The fraction of sp³-hybridized carbons (Fsp3) is 0.714. The molecule has 0 aromatic carbocycles. The molecule has 0 amide bonds. The van der Waals surface area contributed by atoms with Crippen molar-refractivity contribution in [1.82, 2.24) is 0 Å². The van der Waals surface area contributed by atoms with Gasteiger partial charge in [-0.3, -0.25) is 4.79 Å². The van der Waals surface area contributed by atoms with Gasteiger partial charge in [0.2, 0.25) is 0 Å². The van der Waals surface area contributed by atoms with Gasteiger partial charge in [0.25, 0.3) is 0 Å². The molecular weight excluding hydrogens is 146 g/mol. The monoisotopic (exact) mass is 159 g/mol. The van der Waals surface area contributed by atoms with E-state index in [1.807, 2.05) is 0 Å². The Hall–Kier alpha value is -1.06. The van der Waals surface area contributed by atoms with Gasteiger partial charge < -0.3 is 9.94 Å². The zero-order chi connectivity index (χ0) is 8.91. The number of ether oxygens (including phenoxy) is 1. The molecule has 0 rings (SSSR count). The van der Waals surface area contributed by atoms with Crippen molar-refractivity contribution in [1.29, 1.82) is 0 Å². The third-order valence-corrected chi connectivity index (χ3v) is 0.760. The van der Waals surface area contributed by atoms with Crippen molar-refractivity contribution >= 4 is 12.2 Å². The molecule has 4 heteroatoms. The quantitative estimate of drug-likeness (QED) is 0.285. The largest absolute Gasteiger partial charge is 0.460 e. The summed E-state index contributed by atoms with van der Waals surface area (Å²) in [6, 6.07) is 0. The Balaban J connectivity index is 3.70. The molecule has 0 saturated carbocycles. The highest BCUT2D eigenvalue weighted by atomic mass is 16.6. The lowest BCUT2D eigenvalue weighted by molar-refractivity contribution is -0.153. The molecular formula is C7H13NO3. The first-order valence-electron chi connectivity index (χ1n) is 3.33. The number of oxime groups is 1. The number of carbonyl (C=O) groups excluding carboxylic acids is 1. The fourth-order valence-electron chi connectivity index (χ4n) is 0.499. The summed E-state index contributed by atoms with van der Waals surface area (Å²) in [5.41, 5.74) is -0.472. The van der Waals surface area contributed by atoms with Crippen LogP contribution in [0.25, 0.3) is 0 Å². The summed E-state index contributed by atoms with van der Waals surface area (Å²) >= 11 is 0. The minimum atomic E-state index is -0.472. The number of hydrogen-bond donors (Lipinski definition) is 1. The molecule has 11 heavy (non-hydrogen) atoms. The van der Waals surface area contributed by atoms with Crippen LogP contribution in [0, 0.1) is 0 Å². The summed E-state index contributed by atoms with van der Waals surface area (Å²) in [5, 5.41) is 10.7. The Morgan fingerprint density at radius 2 is 2.18 bits per heavy atom. The zero-order valence-corrected chi connectivity index (χ0v) is 7.00. The highest BCUT2D eigenvalue weighted by Gasteiger charge is 2.14. The minimum absolute atomic E-state index is 0.00771. The average Bonchev–Trinajstić information content (AvgIpc) is 1.79. The van der Waals surface area contributed by atoms with Crippen LogP contribution < -0.4 is 0 Å². The highest BCUT2D eigenvalue weighted by Crippen LogP contribution is 2.07. The van der Waals surface area contributed by atoms with Crippen LogP contribution in [-0.2, 0) is 9.53 Å². The maximum atomic E-state index is 10.8. The first-order chi connectivity index (χ1) is 4.95. The van der Waals surface area contributed by atoms with E-state index in [1.54, 1.807) is 20.8 Å². The second-order valence-corrected chi connectivity index (χ2v) is 3.09. The molecule has 4 nitrogen and oxygen atoms in total. The van der Waals surface area contributed by atoms with Crippen molar-refractivity contribution in [3.05, 3.63) is 0 Å². The van der Waals surface area contributed by atoms with Crippen LogP contribution in [0.15, 0.2) is 5.16 Å². The van der Waals surface area contributed by atoms with Gasteiger partial charge in [-0.2, -0.15) is 0 Å². The van der Waals surface area contributed by atoms with Crippen molar-refractivity contribution < 1.29 is 14.7 Å². The number of carbonyl (C=O) groups is 1. The SMILES string of the molecule is CC(C)(C)OC(=O)CC=NO. The van der Waals surface area contributed by atoms with E-state index >= 15 is 0 Å². The van der Waals surface area contributed by atoms with Gasteiger partial charge in [0.1, 0.15) is 5.60 Å². The number of hydrogen-bond acceptors (Lipinski definition) is 4. The van der Waals surface area contributed by atoms with Crippen molar-refractivity contribution in [3.63, 3.8) is 0 Å². The molecule has 0 aliphatic heterocycles. The number of esters is 1. The summed E-state index contributed by atoms with van der Waals surface area (Å²) in [6.07, 6.45) is 1.10. The summed E-state index contributed by atoms with van der Waals surface area (Å²) in [6.45, 7) is 5.34. The predicted molar refractivity (Wildman–Crippen MR) is 40.7 cm³/mol. The van der Waals surface area contributed by atoms with E-state index in [0.29, 0.717) is 0 Å². The Morgan fingerprint density at radius 3 is 2.55 bits per heavy atom. The van der Waals surface area contributed by atoms with Crippen LogP contribution in [0.1, 0.15) is 27.2 Å². The van der Waals surface area contributed by atoms with Gasteiger partial charge in [0, 0.05) is 0 Å². The molecule has 0 aliphatic carbocycles. The van der Waals surface area contributed by atoms with E-state index in [4.69, 9.17) is 9.94 Å². The summed E-state index contributed by atoms with van der Waals surface area (Å²) in [4.78, 5) is 10.8. The van der Waals surface area contributed by atoms with Gasteiger partial charge in [0.15, 0.2) is 0 Å². The fourth-order valence-corrected chi connectivity index (χ4v) is 0.499. The molecule has 0 aromatic heterocycles. The Labute approximate surface area is 65.8 Å². The molecule has 0 aromatic rings. The van der Waals surface area contributed by atoms with Gasteiger partial charge in [0.05, 0.1) is 12.6 Å². The lowest BCUT2D eigenvalue weighted by atomic mass is 10.2. The third-order valence-electron chi connectivity index (χ3n) is 0.760. The second-order valence-electron chi connectivity index (χ2n) is 3.09. The summed E-state index contributed by atoms with van der Waals surface area (Å²) in [7, 11) is 0. The molecule has 64 valence electrons. The maximum absolute atomic E-state index is 10.8. The van der Waals surface area contributed by atoms with E-state index in [2.05, 4.69) is 5.16 Å². The average molecular weight is 159 g/mol. The Bertz CT molecular complexity index is 158. The molecule has 0 saturated heterocycles. The van der Waals surface area contributed by atoms with Crippen LogP contribution in [-0.4, -0.2) is 23.0 Å². The van der Waals surface area contributed by atoms with E-state index in [-0.39, 0.29) is 6.42 Å². The van der Waals surface area contributed by atoms with E-state index < -0.39 is 11.6 Å². The molecule has 0 bridgehead atoms. The van der Waals surface area contributed by atoms with Gasteiger partial charge >= 0.3 is 5.97 Å². The lowest BCUT2D eigenvalue weighted by Crippen LogP contribution is -2.23. The predicted octanol–water partition coefficient (Wildman–Crippen LogP) is 1.18. The van der Waals surface area contributed by atoms with Crippen molar-refractivity contribution in [3.8, 4) is 0 Å². The number of rotatable bonds is 2. The molecule has 0 atom stereocenters. The first kappa shape index (κ1) is 9.94. The molecule has 0 fully saturated rings. The third kappa shape index (κ3) is 6.83. The maximum Gasteiger partial charge on any atom is 0.311 e. The molecule has 0 heterocycles. The topological polar surface area (TPSA) is 58.9 Å². The van der Waals surface area contributed by atoms with Crippen molar-refractivity contribution in [2.24, 2.45) is 5.16 Å². The standard InChI is InChI=1S/C7H13NO3/c1-7(2,3)11-6(9)4-5-8-10/h5,10H,4H2,1-3H3. The molecule has 1 N–H and O–H groups in total. The van der Waals surface area contributed by atoms with Crippen LogP contribution in [0.5, 0.6) is 0 Å². The lowest BCUT2D eigenvalue weighted by Gasteiger charge is -2.18. The van der Waals surface area contributed by atoms with Crippen molar-refractivity contribution in [2.45, 2.75) is 32.8 Å². The summed E-state index contributed by atoms with van der Waals surface area (Å²) < 4.78 is 4.90. The van der Waals surface area contributed by atoms with Gasteiger partial charge in [-0.05, 0) is 20.8 Å². The van der Waals surface area contributed by atoms with Crippen LogP contribution in [0.2, 0.25) is 0 Å². The van der Waals surface area contributed by atoms with Crippen LogP contribution in [0.4, 0.5) is 0 Å². The van der Waals surface area contributed by atoms with E-state index in [1.165, 1.54) is 0 Å². The molecule has 0 unspecified atom stereocenters. The second kappa shape index (κ2) is 3.95. The first-order valence-corrected chi connectivity index (χ1v) is 3.33. The Kier molecular flexibility index (Phi) is 3.57. The number of nitrogens with zero attached hydrogens (tertiary/aromatic N) is 1. The normalized spacial score (nSPS) is 11.9. The molecule has 0 spiro atoms. The van der Waals surface area contributed by atoms with Crippen LogP contribution >= 0.6 is 0 Å². The van der Waals surface area contributed by atoms with Crippen LogP contribution in [0.3, 0.4) is 0 Å². The highest BCUT2D eigenvalue weighted by molar-refractivity contribution is 5.85. The van der Waals surface area contributed by atoms with Crippen molar-refractivity contribution in [2.75, 3.05) is 0 Å². The van der Waals surface area contributed by atoms with E-state index in [9.17, 15) is 4.79 Å². The van der Waals surface area contributed by atoms with Gasteiger partial charge in [-0.25, -0.2) is 0 Å². The van der Waals surface area contributed by atoms with Gasteiger partial charge in [-0.15, -0.1) is 5.16 Å². The van der Waals surface area contributed by atoms with Gasteiger partial charge in [-0.1, -0.05) is 0 Å². The summed E-state index contributed by atoms with van der Waals surface area (Å²) in [5.74, 6) is -0.393. The Morgan fingerprint density at radius 1 is 1.64 bits per heavy atom. The zero-order valence-electron chi connectivity index (χ0n) is 7.00. The molecule has 0 radical (unpaired) electrons. The minimum Gasteiger partial charge on any atom is -0.460 e. The molecule has 0 aliphatic rings. The smallest absolute Gasteiger partial charge is 0.311 e. The van der Waals surface area contributed by atoms with E-state index in [0.717, 1.165) is 6.21 Å².